The minimum absolute atomic E-state index is 0. The van der Waals surface area contributed by atoms with Crippen LogP contribution in [-0.4, -0.2) is 18.4 Å². The van der Waals surface area contributed by atoms with Crippen molar-refractivity contribution in [3.8, 4) is 0 Å². The van der Waals surface area contributed by atoms with Gasteiger partial charge in [0.25, 0.3) is 0 Å². The van der Waals surface area contributed by atoms with Gasteiger partial charge < -0.3 is 1.43 Å². The van der Waals surface area contributed by atoms with Gasteiger partial charge in [-0.15, -0.1) is 0 Å². The Morgan fingerprint density at radius 3 is 1.38 bits per heavy atom. The number of hydrogen-bond acceptors (Lipinski definition) is 0. The molecule has 0 spiro atoms. The van der Waals surface area contributed by atoms with E-state index in [1.54, 1.807) is 13.3 Å². The van der Waals surface area contributed by atoms with Crippen LogP contribution >= 0.6 is 0 Å². The van der Waals surface area contributed by atoms with Crippen LogP contribution in [0.1, 0.15) is 60.7 Å². The van der Waals surface area contributed by atoms with E-state index in [4.69, 9.17) is 0 Å². The van der Waals surface area contributed by atoms with E-state index >= 15 is 0 Å². The molecule has 0 aliphatic rings. The predicted octanol–water partition coefficient (Wildman–Crippen LogP) is 2.68. The molecule has 0 fully saturated rings. The van der Waals surface area contributed by atoms with Gasteiger partial charge in [0, 0.05) is 0 Å². The van der Waals surface area contributed by atoms with Gasteiger partial charge in [0.15, 0.2) is 0 Å². The third-order valence-corrected chi connectivity index (χ3v) is 17.5. The van der Waals surface area contributed by atoms with E-state index in [-0.39, 0.29) is 20.3 Å². The zero-order valence-electron chi connectivity index (χ0n) is 13.1. The van der Waals surface area contributed by atoms with Gasteiger partial charge in [-0.1, -0.05) is 0 Å². The Bertz CT molecular complexity index is 141. The molecule has 0 unspecified atom stereocenters. The minimum Gasteiger partial charge on any atom is -1.00 e. The van der Waals surface area contributed by atoms with E-state index in [1.165, 1.54) is 38.5 Å². The maximum Gasteiger partial charge on any atom is 1.00 e. The Labute approximate surface area is 121 Å². The van der Waals surface area contributed by atoms with Gasteiger partial charge in [0.2, 0.25) is 0 Å². The molecular formula is C14H31LiSn. The van der Waals surface area contributed by atoms with Gasteiger partial charge in [-0.3, -0.25) is 0 Å². The second kappa shape index (κ2) is 12.6. The Morgan fingerprint density at radius 2 is 1.19 bits per heavy atom. The summed E-state index contributed by atoms with van der Waals surface area (Å²) in [5.41, 5.74) is 0. The quantitative estimate of drug-likeness (QED) is 0.542. The SMILES string of the molecule is C=[CH][Sn]([CH2]CCC)([CH2]CCC)[CH2]CCC.[H-].[Li+]. The zero-order valence-corrected chi connectivity index (χ0v) is 15.0. The van der Waals surface area contributed by atoms with E-state index < -0.39 is 18.4 Å². The van der Waals surface area contributed by atoms with Crippen molar-refractivity contribution in [3.63, 3.8) is 0 Å². The molecule has 0 rings (SSSR count). The molecule has 0 aromatic heterocycles. The van der Waals surface area contributed by atoms with Crippen molar-refractivity contribution in [2.45, 2.75) is 72.6 Å². The summed E-state index contributed by atoms with van der Waals surface area (Å²) in [4.78, 5) is 0. The molecule has 0 bridgehead atoms. The van der Waals surface area contributed by atoms with Crippen molar-refractivity contribution in [3.05, 3.63) is 10.7 Å². The van der Waals surface area contributed by atoms with Crippen LogP contribution in [-0.2, 0) is 0 Å². The van der Waals surface area contributed by atoms with Crippen LogP contribution in [0, 0.1) is 0 Å². The summed E-state index contributed by atoms with van der Waals surface area (Å²) >= 11 is -1.85. The third-order valence-electron chi connectivity index (χ3n) is 3.52. The van der Waals surface area contributed by atoms with Crippen molar-refractivity contribution in [2.75, 3.05) is 0 Å². The molecule has 0 amide bonds. The smallest absolute Gasteiger partial charge is 1.00 e. The number of hydrogen-bond donors (Lipinski definition) is 0. The van der Waals surface area contributed by atoms with Gasteiger partial charge in [0.1, 0.15) is 0 Å². The molecule has 0 aromatic rings. The van der Waals surface area contributed by atoms with Crippen LogP contribution in [0.3, 0.4) is 0 Å². The molecule has 0 atom stereocenters. The summed E-state index contributed by atoms with van der Waals surface area (Å²) < 4.78 is 7.16. The second-order valence-electron chi connectivity index (χ2n) is 4.88. The fourth-order valence-corrected chi connectivity index (χ4v) is 15.2. The first-order valence-corrected chi connectivity index (χ1v) is 14.6. The average molecular weight is 325 g/mol. The molecule has 0 heterocycles. The molecule has 0 saturated heterocycles. The van der Waals surface area contributed by atoms with E-state index in [0.29, 0.717) is 0 Å². The number of rotatable bonds is 10. The maximum atomic E-state index is 4.19. The summed E-state index contributed by atoms with van der Waals surface area (Å²) in [6, 6.07) is 0. The van der Waals surface area contributed by atoms with Crippen molar-refractivity contribution >= 4 is 18.4 Å². The molecule has 0 N–H and O–H groups in total. The first-order valence-electron chi connectivity index (χ1n) is 6.88. The summed E-state index contributed by atoms with van der Waals surface area (Å²) in [7, 11) is 0. The molecule has 0 saturated carbocycles. The first kappa shape index (κ1) is 19.5. The average Bonchev–Trinajstić information content (AvgIpc) is 2.29. The Hall–Kier alpha value is 1.14. The zero-order chi connectivity index (χ0) is 11.6. The van der Waals surface area contributed by atoms with Gasteiger partial charge in [-0.2, -0.15) is 0 Å². The van der Waals surface area contributed by atoms with Crippen LogP contribution in [0.4, 0.5) is 0 Å². The summed E-state index contributed by atoms with van der Waals surface area (Å²) in [5, 5.41) is 0. The van der Waals surface area contributed by atoms with Crippen molar-refractivity contribution in [1.29, 1.82) is 0 Å². The molecule has 0 nitrogen and oxygen atoms in total. The maximum absolute atomic E-state index is 4.19. The third kappa shape index (κ3) is 8.26. The molecule has 0 aliphatic carbocycles. The van der Waals surface area contributed by atoms with E-state index in [9.17, 15) is 0 Å². The normalized spacial score (nSPS) is 10.9. The molecular weight excluding hydrogens is 294 g/mol. The van der Waals surface area contributed by atoms with Gasteiger partial charge >= 0.3 is 121 Å². The molecule has 0 radical (unpaired) electrons. The standard InChI is InChI=1S/3C4H9.C2H3.Li.Sn.H/c3*1-3-4-2;1-2;;;/h3*1,3-4H2,2H3;1H,2H2;;;/q;;;;+1;;-1. The van der Waals surface area contributed by atoms with Crippen molar-refractivity contribution in [1.82, 2.24) is 0 Å². The molecule has 0 aliphatic heterocycles. The van der Waals surface area contributed by atoms with Crippen LogP contribution < -0.4 is 18.9 Å². The topological polar surface area (TPSA) is 0 Å². The first-order chi connectivity index (χ1) is 7.24. The fraction of sp³-hybridized carbons (Fsp3) is 0.857. The monoisotopic (exact) mass is 326 g/mol. The Kier molecular flexibility index (Phi) is 15.3. The molecule has 2 heteroatoms. The number of unbranched alkanes of at least 4 members (excludes halogenated alkanes) is 3. The van der Waals surface area contributed by atoms with Crippen molar-refractivity contribution < 1.29 is 20.3 Å². The minimum atomic E-state index is -1.85. The Morgan fingerprint density at radius 1 is 0.875 bits per heavy atom. The summed E-state index contributed by atoms with van der Waals surface area (Å²) in [6.45, 7) is 11.1. The predicted molar refractivity (Wildman–Crippen MR) is 76.2 cm³/mol. The van der Waals surface area contributed by atoms with Gasteiger partial charge in [-0.05, 0) is 0 Å². The van der Waals surface area contributed by atoms with Crippen LogP contribution in [0.5, 0.6) is 0 Å². The largest absolute Gasteiger partial charge is 1.00 e. The van der Waals surface area contributed by atoms with Crippen LogP contribution in [0.25, 0.3) is 0 Å². The summed E-state index contributed by atoms with van der Waals surface area (Å²) in [5.74, 6) is 0. The van der Waals surface area contributed by atoms with Gasteiger partial charge in [0.05, 0.1) is 0 Å². The fourth-order valence-electron chi connectivity index (χ4n) is 2.27. The summed E-state index contributed by atoms with van der Waals surface area (Å²) in [6.07, 6.45) is 8.46. The molecule has 92 valence electrons. The van der Waals surface area contributed by atoms with E-state index in [2.05, 4.69) is 31.4 Å². The molecule has 16 heavy (non-hydrogen) atoms. The van der Waals surface area contributed by atoms with E-state index in [0.717, 1.165) is 0 Å². The van der Waals surface area contributed by atoms with Crippen LogP contribution in [0.15, 0.2) is 10.7 Å². The van der Waals surface area contributed by atoms with Crippen LogP contribution in [0.2, 0.25) is 13.3 Å². The van der Waals surface area contributed by atoms with E-state index in [1.807, 2.05) is 0 Å². The second-order valence-corrected chi connectivity index (χ2v) is 18.1. The molecule has 0 aromatic carbocycles. The Balaban J connectivity index is -0.000000980. The van der Waals surface area contributed by atoms with Crippen molar-refractivity contribution in [2.24, 2.45) is 0 Å². The van der Waals surface area contributed by atoms with Gasteiger partial charge in [-0.25, -0.2) is 0 Å².